The van der Waals surface area contributed by atoms with Gasteiger partial charge in [-0.2, -0.15) is 0 Å². The van der Waals surface area contributed by atoms with Crippen LogP contribution in [0.25, 0.3) is 0 Å². The topological polar surface area (TPSA) is 32.3 Å². The summed E-state index contributed by atoms with van der Waals surface area (Å²) in [5, 5.41) is 12.5. The lowest BCUT2D eigenvalue weighted by molar-refractivity contribution is 0.197. The highest BCUT2D eigenvalue weighted by Crippen LogP contribution is 2.20. The van der Waals surface area contributed by atoms with Crippen molar-refractivity contribution in [2.24, 2.45) is 5.41 Å². The van der Waals surface area contributed by atoms with Crippen molar-refractivity contribution in [1.29, 1.82) is 0 Å². The van der Waals surface area contributed by atoms with E-state index in [1.165, 1.54) is 6.07 Å². The fourth-order valence-electron chi connectivity index (χ4n) is 1.84. The van der Waals surface area contributed by atoms with Gasteiger partial charge in [0.05, 0.1) is 6.61 Å². The molecule has 0 aliphatic rings. The van der Waals surface area contributed by atoms with Crippen molar-refractivity contribution >= 4 is 0 Å². The predicted molar refractivity (Wildman–Crippen MR) is 68.2 cm³/mol. The number of rotatable bonds is 5. The van der Waals surface area contributed by atoms with E-state index in [0.29, 0.717) is 12.1 Å². The van der Waals surface area contributed by atoms with Gasteiger partial charge in [-0.15, -0.1) is 0 Å². The molecule has 3 heteroatoms. The van der Waals surface area contributed by atoms with Crippen LogP contribution < -0.4 is 5.32 Å². The molecule has 0 aliphatic carbocycles. The van der Waals surface area contributed by atoms with Crippen LogP contribution in [-0.4, -0.2) is 17.8 Å². The van der Waals surface area contributed by atoms with Gasteiger partial charge in [0, 0.05) is 18.2 Å². The van der Waals surface area contributed by atoms with Gasteiger partial charge in [-0.05, 0) is 17.9 Å². The summed E-state index contributed by atoms with van der Waals surface area (Å²) in [4.78, 5) is 0. The molecule has 0 radical (unpaired) electrons. The molecule has 0 amide bonds. The van der Waals surface area contributed by atoms with E-state index >= 15 is 0 Å². The van der Waals surface area contributed by atoms with Crippen LogP contribution in [0.2, 0.25) is 0 Å². The smallest absolute Gasteiger partial charge is 0.127 e. The summed E-state index contributed by atoms with van der Waals surface area (Å²) in [6.07, 6.45) is 0.859. The van der Waals surface area contributed by atoms with E-state index < -0.39 is 0 Å². The van der Waals surface area contributed by atoms with Gasteiger partial charge >= 0.3 is 0 Å². The minimum absolute atomic E-state index is 0.00889. The Morgan fingerprint density at radius 3 is 2.47 bits per heavy atom. The summed E-state index contributed by atoms with van der Waals surface area (Å²) >= 11 is 0. The number of aliphatic hydroxyl groups excluding tert-OH is 1. The summed E-state index contributed by atoms with van der Waals surface area (Å²) in [7, 11) is 0. The number of nitrogens with one attached hydrogen (secondary N) is 1. The van der Waals surface area contributed by atoms with Gasteiger partial charge in [0.1, 0.15) is 5.82 Å². The zero-order chi connectivity index (χ0) is 12.9. The molecule has 1 atom stereocenters. The first kappa shape index (κ1) is 14.1. The lowest BCUT2D eigenvalue weighted by Gasteiger charge is -2.25. The van der Waals surface area contributed by atoms with Crippen molar-refractivity contribution in [2.45, 2.75) is 39.8 Å². The van der Waals surface area contributed by atoms with Gasteiger partial charge in [0.15, 0.2) is 0 Å². The van der Waals surface area contributed by atoms with E-state index in [1.807, 2.05) is 6.07 Å². The second kappa shape index (κ2) is 6.12. The number of hydrogen-bond acceptors (Lipinski definition) is 2. The Balaban J connectivity index is 2.51. The third kappa shape index (κ3) is 5.29. The molecule has 0 heterocycles. The van der Waals surface area contributed by atoms with Crippen LogP contribution in [0.15, 0.2) is 24.3 Å². The molecule has 0 bridgehead atoms. The SMILES string of the molecule is CC(C)(C)CC(CO)NCc1ccccc1F. The summed E-state index contributed by atoms with van der Waals surface area (Å²) in [5.74, 6) is -0.201. The maximum atomic E-state index is 13.4. The minimum atomic E-state index is -0.201. The molecular weight excluding hydrogens is 217 g/mol. The van der Waals surface area contributed by atoms with Gasteiger partial charge in [-0.3, -0.25) is 0 Å². The maximum absolute atomic E-state index is 13.4. The Kier molecular flexibility index (Phi) is 5.09. The normalized spacial score (nSPS) is 13.7. The van der Waals surface area contributed by atoms with Crippen LogP contribution >= 0.6 is 0 Å². The second-order valence-corrected chi connectivity index (χ2v) is 5.62. The van der Waals surface area contributed by atoms with Crippen LogP contribution in [0.3, 0.4) is 0 Å². The van der Waals surface area contributed by atoms with Crippen molar-refractivity contribution in [2.75, 3.05) is 6.61 Å². The van der Waals surface area contributed by atoms with Crippen molar-refractivity contribution < 1.29 is 9.50 Å². The molecule has 1 rings (SSSR count). The van der Waals surface area contributed by atoms with E-state index in [2.05, 4.69) is 26.1 Å². The number of halogens is 1. The number of hydrogen-bond donors (Lipinski definition) is 2. The summed E-state index contributed by atoms with van der Waals surface area (Å²) in [6, 6.07) is 6.72. The Hall–Kier alpha value is -0.930. The third-order valence-electron chi connectivity index (χ3n) is 2.62. The molecule has 0 fully saturated rings. The van der Waals surface area contributed by atoms with Crippen LogP contribution in [0, 0.1) is 11.2 Å². The second-order valence-electron chi connectivity index (χ2n) is 5.62. The molecule has 1 aromatic carbocycles. The van der Waals surface area contributed by atoms with Gasteiger partial charge < -0.3 is 10.4 Å². The Morgan fingerprint density at radius 2 is 1.94 bits per heavy atom. The average Bonchev–Trinajstić information content (AvgIpc) is 2.24. The first-order valence-corrected chi connectivity index (χ1v) is 6.00. The molecule has 0 saturated heterocycles. The van der Waals surface area contributed by atoms with E-state index in [-0.39, 0.29) is 23.9 Å². The van der Waals surface area contributed by atoms with Gasteiger partial charge in [0.25, 0.3) is 0 Å². The molecule has 2 N–H and O–H groups in total. The molecule has 0 aromatic heterocycles. The molecule has 1 unspecified atom stereocenters. The maximum Gasteiger partial charge on any atom is 0.127 e. The van der Waals surface area contributed by atoms with Crippen LogP contribution in [0.5, 0.6) is 0 Å². The molecule has 96 valence electrons. The molecule has 2 nitrogen and oxygen atoms in total. The number of benzene rings is 1. The third-order valence-corrected chi connectivity index (χ3v) is 2.62. The Bertz CT molecular complexity index is 346. The zero-order valence-electron chi connectivity index (χ0n) is 10.8. The van der Waals surface area contributed by atoms with Crippen LogP contribution in [-0.2, 0) is 6.54 Å². The minimum Gasteiger partial charge on any atom is -0.395 e. The van der Waals surface area contributed by atoms with E-state index in [9.17, 15) is 9.50 Å². The van der Waals surface area contributed by atoms with Gasteiger partial charge in [-0.1, -0.05) is 39.0 Å². The van der Waals surface area contributed by atoms with Crippen molar-refractivity contribution in [3.05, 3.63) is 35.6 Å². The summed E-state index contributed by atoms with van der Waals surface area (Å²) in [5.41, 5.74) is 0.787. The molecule has 17 heavy (non-hydrogen) atoms. The fourth-order valence-corrected chi connectivity index (χ4v) is 1.84. The highest BCUT2D eigenvalue weighted by Gasteiger charge is 2.17. The Labute approximate surface area is 103 Å². The van der Waals surface area contributed by atoms with Crippen LogP contribution in [0.1, 0.15) is 32.8 Å². The van der Waals surface area contributed by atoms with E-state index in [1.54, 1.807) is 12.1 Å². The van der Waals surface area contributed by atoms with Crippen LogP contribution in [0.4, 0.5) is 4.39 Å². The fraction of sp³-hybridized carbons (Fsp3) is 0.571. The monoisotopic (exact) mass is 239 g/mol. The zero-order valence-corrected chi connectivity index (χ0v) is 10.8. The lowest BCUT2D eigenvalue weighted by Crippen LogP contribution is -2.35. The van der Waals surface area contributed by atoms with Gasteiger partial charge in [0.2, 0.25) is 0 Å². The van der Waals surface area contributed by atoms with E-state index in [0.717, 1.165) is 6.42 Å². The summed E-state index contributed by atoms with van der Waals surface area (Å²) in [6.45, 7) is 6.90. The molecular formula is C14H22FNO. The van der Waals surface area contributed by atoms with Crippen molar-refractivity contribution in [3.8, 4) is 0 Å². The quantitative estimate of drug-likeness (QED) is 0.828. The van der Waals surface area contributed by atoms with E-state index in [4.69, 9.17) is 0 Å². The average molecular weight is 239 g/mol. The first-order valence-electron chi connectivity index (χ1n) is 6.00. The molecule has 0 spiro atoms. The highest BCUT2D eigenvalue weighted by atomic mass is 19.1. The lowest BCUT2D eigenvalue weighted by atomic mass is 9.88. The first-order chi connectivity index (χ1) is 7.92. The van der Waals surface area contributed by atoms with Crippen molar-refractivity contribution in [1.82, 2.24) is 5.32 Å². The standard InChI is InChI=1S/C14H22FNO/c1-14(2,3)8-12(10-17)16-9-11-6-4-5-7-13(11)15/h4-7,12,16-17H,8-10H2,1-3H3. The van der Waals surface area contributed by atoms with Crippen molar-refractivity contribution in [3.63, 3.8) is 0 Å². The summed E-state index contributed by atoms with van der Waals surface area (Å²) < 4.78 is 13.4. The highest BCUT2D eigenvalue weighted by molar-refractivity contribution is 5.17. The van der Waals surface area contributed by atoms with Gasteiger partial charge in [-0.25, -0.2) is 4.39 Å². The largest absolute Gasteiger partial charge is 0.395 e. The molecule has 0 saturated carbocycles. The predicted octanol–water partition coefficient (Wildman–Crippen LogP) is 2.71. The molecule has 1 aromatic rings. The molecule has 0 aliphatic heterocycles. The number of aliphatic hydroxyl groups is 1. The Morgan fingerprint density at radius 1 is 1.29 bits per heavy atom.